The van der Waals surface area contributed by atoms with Gasteiger partial charge in [0.05, 0.1) is 12.7 Å². The molecule has 2 atom stereocenters. The smallest absolute Gasteiger partial charge is 0.349 e. The highest BCUT2D eigenvalue weighted by atomic mass is 16.5. The molecule has 1 saturated heterocycles. The van der Waals surface area contributed by atoms with Gasteiger partial charge < -0.3 is 19.2 Å². The quantitative estimate of drug-likeness (QED) is 0.631. The summed E-state index contributed by atoms with van der Waals surface area (Å²) in [5, 5.41) is 11.1. The van der Waals surface area contributed by atoms with Gasteiger partial charge in [0.15, 0.2) is 0 Å². The number of likely N-dealkylation sites (tertiary alicyclic amines) is 1. The molecule has 3 heterocycles. The zero-order valence-electron chi connectivity index (χ0n) is 16.8. The van der Waals surface area contributed by atoms with Gasteiger partial charge in [-0.2, -0.15) is 0 Å². The number of benzene rings is 1. The Morgan fingerprint density at radius 2 is 2.13 bits per heavy atom. The van der Waals surface area contributed by atoms with Gasteiger partial charge in [0, 0.05) is 42.4 Å². The van der Waals surface area contributed by atoms with Crippen LogP contribution in [0.1, 0.15) is 29.4 Å². The van der Waals surface area contributed by atoms with Crippen LogP contribution in [0.3, 0.4) is 0 Å². The molecule has 1 amide bonds. The summed E-state index contributed by atoms with van der Waals surface area (Å²) in [6, 6.07) is 12.4. The number of fused-ring (bicyclic) bond motifs is 1. The van der Waals surface area contributed by atoms with Crippen LogP contribution in [-0.4, -0.2) is 46.7 Å². The van der Waals surface area contributed by atoms with Crippen molar-refractivity contribution < 1.29 is 19.1 Å². The van der Waals surface area contributed by atoms with Crippen LogP contribution in [0, 0.1) is 5.92 Å². The Balaban J connectivity index is 1.52. The van der Waals surface area contributed by atoms with Gasteiger partial charge in [-0.25, -0.2) is 4.79 Å². The molecule has 0 aliphatic carbocycles. The highest BCUT2D eigenvalue weighted by Crippen LogP contribution is 2.24. The zero-order valence-corrected chi connectivity index (χ0v) is 16.8. The van der Waals surface area contributed by atoms with Crippen LogP contribution in [0.15, 0.2) is 57.9 Å². The number of aromatic nitrogens is 1. The normalized spacial score (nSPS) is 18.7. The molecule has 0 saturated carbocycles. The fraction of sp³-hybridized carbons (Fsp3) is 0.348. The van der Waals surface area contributed by atoms with Gasteiger partial charge >= 0.3 is 5.63 Å². The first-order chi connectivity index (χ1) is 14.5. The Morgan fingerprint density at radius 3 is 2.90 bits per heavy atom. The summed E-state index contributed by atoms with van der Waals surface area (Å²) in [6.07, 6.45) is 2.48. The van der Waals surface area contributed by atoms with E-state index in [1.807, 2.05) is 25.1 Å². The van der Waals surface area contributed by atoms with E-state index in [2.05, 4.69) is 4.98 Å². The number of amides is 1. The van der Waals surface area contributed by atoms with Crippen LogP contribution in [0.25, 0.3) is 11.0 Å². The van der Waals surface area contributed by atoms with Crippen LogP contribution in [-0.2, 0) is 6.42 Å². The van der Waals surface area contributed by atoms with Crippen LogP contribution in [0.5, 0.6) is 5.75 Å². The van der Waals surface area contributed by atoms with E-state index in [9.17, 15) is 14.7 Å². The highest BCUT2D eigenvalue weighted by molar-refractivity contribution is 5.97. The number of carbonyl (C=O) groups excluding carboxylic acids is 1. The number of pyridine rings is 1. The second-order valence-corrected chi connectivity index (χ2v) is 7.56. The van der Waals surface area contributed by atoms with Crippen molar-refractivity contribution in [3.05, 3.63) is 70.3 Å². The second-order valence-electron chi connectivity index (χ2n) is 7.56. The van der Waals surface area contributed by atoms with Crippen molar-refractivity contribution in [1.82, 2.24) is 9.88 Å². The summed E-state index contributed by atoms with van der Waals surface area (Å²) < 4.78 is 11.0. The van der Waals surface area contributed by atoms with Gasteiger partial charge in [-0.1, -0.05) is 13.0 Å². The van der Waals surface area contributed by atoms with E-state index in [4.69, 9.17) is 9.15 Å². The fourth-order valence-electron chi connectivity index (χ4n) is 3.73. The zero-order chi connectivity index (χ0) is 21.1. The first kappa shape index (κ1) is 20.1. The molecule has 0 unspecified atom stereocenters. The summed E-state index contributed by atoms with van der Waals surface area (Å²) in [7, 11) is 0. The van der Waals surface area contributed by atoms with Crippen molar-refractivity contribution in [2.75, 3.05) is 19.7 Å². The van der Waals surface area contributed by atoms with Crippen LogP contribution in [0.4, 0.5) is 0 Å². The predicted molar refractivity (Wildman–Crippen MR) is 112 cm³/mol. The van der Waals surface area contributed by atoms with Crippen LogP contribution < -0.4 is 10.4 Å². The van der Waals surface area contributed by atoms with Crippen molar-refractivity contribution in [1.29, 1.82) is 0 Å². The lowest BCUT2D eigenvalue weighted by Gasteiger charge is -2.15. The molecule has 0 spiro atoms. The maximum atomic E-state index is 13.0. The summed E-state index contributed by atoms with van der Waals surface area (Å²) in [6.45, 7) is 3.12. The lowest BCUT2D eigenvalue weighted by atomic mass is 10.00. The lowest BCUT2D eigenvalue weighted by molar-refractivity contribution is 0.0760. The van der Waals surface area contributed by atoms with Gasteiger partial charge in [0.25, 0.3) is 5.91 Å². The number of rotatable bonds is 6. The molecule has 4 rings (SSSR count). The van der Waals surface area contributed by atoms with Gasteiger partial charge in [-0.3, -0.25) is 9.78 Å². The van der Waals surface area contributed by atoms with Gasteiger partial charge in [-0.05, 0) is 43.2 Å². The summed E-state index contributed by atoms with van der Waals surface area (Å²) in [5.41, 5.74) is 0.514. The van der Waals surface area contributed by atoms with Crippen LogP contribution >= 0.6 is 0 Å². The maximum Gasteiger partial charge on any atom is 0.349 e. The molecule has 1 fully saturated rings. The summed E-state index contributed by atoms with van der Waals surface area (Å²) >= 11 is 0. The van der Waals surface area contributed by atoms with Crippen molar-refractivity contribution in [3.8, 4) is 5.75 Å². The van der Waals surface area contributed by atoms with Crippen molar-refractivity contribution in [2.45, 2.75) is 25.9 Å². The molecule has 1 aliphatic heterocycles. The third-order valence-electron chi connectivity index (χ3n) is 5.30. The molecule has 2 aromatic heterocycles. The number of aliphatic hydroxyl groups is 1. The SMILES string of the molecule is CCCOc1ccc2cc(C(=O)N3C[C@@H](Cc4ccccn4)[C@H](O)C3)c(=O)oc2c1. The monoisotopic (exact) mass is 408 g/mol. The molecule has 3 aromatic rings. The van der Waals surface area contributed by atoms with Crippen molar-refractivity contribution >= 4 is 16.9 Å². The molecule has 1 N–H and O–H groups in total. The number of hydrogen-bond donors (Lipinski definition) is 1. The standard InChI is InChI=1S/C23H24N2O5/c1-2-9-29-18-7-6-15-11-19(23(28)30-21(15)12-18)22(27)25-13-16(20(26)14-25)10-17-5-3-4-8-24-17/h3-8,11-12,16,20,26H,2,9-10,13-14H2,1H3/t16-,20-/m1/s1. The van der Waals surface area contributed by atoms with Crippen molar-refractivity contribution in [3.63, 3.8) is 0 Å². The second kappa shape index (κ2) is 8.67. The lowest BCUT2D eigenvalue weighted by Crippen LogP contribution is -2.33. The van der Waals surface area contributed by atoms with Gasteiger partial charge in [0.1, 0.15) is 16.9 Å². The van der Waals surface area contributed by atoms with Gasteiger partial charge in [0.2, 0.25) is 0 Å². The molecule has 156 valence electrons. The highest BCUT2D eigenvalue weighted by Gasteiger charge is 2.35. The predicted octanol–water partition coefficient (Wildman–Crippen LogP) is 2.65. The van der Waals surface area contributed by atoms with E-state index in [1.165, 1.54) is 4.90 Å². The Labute approximate surface area is 173 Å². The number of carbonyl (C=O) groups is 1. The first-order valence-corrected chi connectivity index (χ1v) is 10.1. The topological polar surface area (TPSA) is 92.9 Å². The Morgan fingerprint density at radius 1 is 1.27 bits per heavy atom. The average Bonchev–Trinajstić information content (AvgIpc) is 3.12. The Kier molecular flexibility index (Phi) is 5.81. The van der Waals surface area contributed by atoms with Gasteiger partial charge in [-0.15, -0.1) is 0 Å². The Bertz CT molecular complexity index is 1100. The summed E-state index contributed by atoms with van der Waals surface area (Å²) in [4.78, 5) is 31.3. The molecule has 7 heteroatoms. The minimum Gasteiger partial charge on any atom is -0.493 e. The number of β-amino-alcohol motifs (C(OH)–C–C–N with tert-alkyl or cyclic N) is 1. The van der Waals surface area contributed by atoms with E-state index in [0.717, 1.165) is 12.1 Å². The molecular weight excluding hydrogens is 384 g/mol. The molecule has 0 bridgehead atoms. The Hall–Kier alpha value is -3.19. The molecule has 7 nitrogen and oxygen atoms in total. The molecule has 0 radical (unpaired) electrons. The minimum absolute atomic E-state index is 0.0320. The minimum atomic E-state index is -0.692. The van der Waals surface area contributed by atoms with Crippen molar-refractivity contribution in [2.24, 2.45) is 5.92 Å². The third kappa shape index (κ3) is 4.21. The first-order valence-electron chi connectivity index (χ1n) is 10.1. The fourth-order valence-corrected chi connectivity index (χ4v) is 3.73. The third-order valence-corrected chi connectivity index (χ3v) is 5.30. The molecule has 30 heavy (non-hydrogen) atoms. The number of aliphatic hydroxyl groups excluding tert-OH is 1. The number of hydrogen-bond acceptors (Lipinski definition) is 6. The largest absolute Gasteiger partial charge is 0.493 e. The number of nitrogens with zero attached hydrogens (tertiary/aromatic N) is 2. The average molecular weight is 408 g/mol. The van der Waals surface area contributed by atoms with E-state index < -0.39 is 17.6 Å². The number of ether oxygens (including phenoxy) is 1. The molecule has 1 aliphatic rings. The molecule has 1 aromatic carbocycles. The van der Waals surface area contributed by atoms with E-state index in [1.54, 1.807) is 30.5 Å². The van der Waals surface area contributed by atoms with Crippen LogP contribution in [0.2, 0.25) is 0 Å². The van der Waals surface area contributed by atoms with E-state index >= 15 is 0 Å². The molecular formula is C23H24N2O5. The maximum absolute atomic E-state index is 13.0. The van der Waals surface area contributed by atoms with E-state index in [0.29, 0.717) is 36.3 Å². The summed E-state index contributed by atoms with van der Waals surface area (Å²) in [5.74, 6) is 0.0563. The van der Waals surface area contributed by atoms with E-state index in [-0.39, 0.29) is 18.0 Å².